The lowest BCUT2D eigenvalue weighted by Crippen LogP contribution is -1.89. The van der Waals surface area contributed by atoms with Gasteiger partial charge in [0, 0.05) is 14.5 Å². The third kappa shape index (κ3) is 2.73. The molecule has 0 spiro atoms. The molecular weight excluding hydrogens is 419 g/mol. The standard InChI is InChI=1S/C15H9Br2ClN2O/c16-9-6-4-8(5-7-9)12-14(21-20-15(12)19)10-2-1-3-11(17)13(10)18/h1-7H,(H2,19,20). The van der Waals surface area contributed by atoms with Gasteiger partial charge in [-0.05, 0) is 45.8 Å². The van der Waals surface area contributed by atoms with Gasteiger partial charge in [0.25, 0.3) is 0 Å². The molecule has 2 N–H and O–H groups in total. The normalized spacial score (nSPS) is 10.8. The van der Waals surface area contributed by atoms with E-state index in [9.17, 15) is 0 Å². The van der Waals surface area contributed by atoms with Crippen LogP contribution in [0.4, 0.5) is 5.82 Å². The summed E-state index contributed by atoms with van der Waals surface area (Å²) in [6.07, 6.45) is 0. The van der Waals surface area contributed by atoms with Crippen molar-refractivity contribution < 1.29 is 4.52 Å². The molecular formula is C15H9Br2ClN2O. The monoisotopic (exact) mass is 426 g/mol. The van der Waals surface area contributed by atoms with Crippen LogP contribution in [0.2, 0.25) is 5.02 Å². The Bertz CT molecular complexity index is 800. The molecule has 3 rings (SSSR count). The predicted molar refractivity (Wildman–Crippen MR) is 92.2 cm³/mol. The van der Waals surface area contributed by atoms with Crippen LogP contribution in [0.5, 0.6) is 0 Å². The summed E-state index contributed by atoms with van der Waals surface area (Å²) in [5, 5.41) is 4.44. The number of halogens is 3. The zero-order valence-corrected chi connectivity index (χ0v) is 14.5. The van der Waals surface area contributed by atoms with Gasteiger partial charge in [-0.2, -0.15) is 0 Å². The SMILES string of the molecule is Nc1noc(-c2cccc(Br)c2Cl)c1-c1ccc(Br)cc1. The van der Waals surface area contributed by atoms with E-state index in [1.807, 2.05) is 42.5 Å². The summed E-state index contributed by atoms with van der Waals surface area (Å²) < 4.78 is 7.19. The van der Waals surface area contributed by atoms with E-state index in [4.69, 9.17) is 21.9 Å². The lowest BCUT2D eigenvalue weighted by molar-refractivity contribution is 0.436. The molecule has 0 aliphatic heterocycles. The highest BCUT2D eigenvalue weighted by Crippen LogP contribution is 2.41. The van der Waals surface area contributed by atoms with Crippen LogP contribution in [0, 0.1) is 0 Å². The lowest BCUT2D eigenvalue weighted by atomic mass is 10.0. The van der Waals surface area contributed by atoms with Crippen LogP contribution in [0.15, 0.2) is 55.9 Å². The van der Waals surface area contributed by atoms with Crippen molar-refractivity contribution >= 4 is 49.3 Å². The molecule has 0 amide bonds. The Balaban J connectivity index is 2.22. The second-order valence-corrected chi connectivity index (χ2v) is 6.53. The number of benzene rings is 2. The fraction of sp³-hybridized carbons (Fsp3) is 0. The maximum Gasteiger partial charge on any atom is 0.178 e. The van der Waals surface area contributed by atoms with Crippen molar-refractivity contribution in [2.24, 2.45) is 0 Å². The molecule has 0 saturated heterocycles. The largest absolute Gasteiger partial charge is 0.380 e. The molecule has 2 aromatic carbocycles. The maximum atomic E-state index is 6.34. The van der Waals surface area contributed by atoms with Crippen molar-refractivity contribution in [2.75, 3.05) is 5.73 Å². The van der Waals surface area contributed by atoms with Crippen LogP contribution in [0.25, 0.3) is 22.5 Å². The summed E-state index contributed by atoms with van der Waals surface area (Å²) in [6.45, 7) is 0. The van der Waals surface area contributed by atoms with Gasteiger partial charge in [-0.15, -0.1) is 0 Å². The average Bonchev–Trinajstić information content (AvgIpc) is 2.85. The van der Waals surface area contributed by atoms with Crippen LogP contribution in [-0.2, 0) is 0 Å². The number of nitrogens with zero attached hydrogens (tertiary/aromatic N) is 1. The third-order valence-electron chi connectivity index (χ3n) is 3.05. The highest BCUT2D eigenvalue weighted by Gasteiger charge is 2.20. The van der Waals surface area contributed by atoms with E-state index in [-0.39, 0.29) is 0 Å². The molecule has 106 valence electrons. The first-order valence-electron chi connectivity index (χ1n) is 6.03. The van der Waals surface area contributed by atoms with Crippen molar-refractivity contribution in [3.8, 4) is 22.5 Å². The third-order valence-corrected chi connectivity index (χ3v) is 4.87. The van der Waals surface area contributed by atoms with Crippen molar-refractivity contribution in [3.63, 3.8) is 0 Å². The van der Waals surface area contributed by atoms with Gasteiger partial charge < -0.3 is 10.3 Å². The number of aromatic nitrogens is 1. The second-order valence-electron chi connectivity index (χ2n) is 4.38. The molecule has 0 saturated carbocycles. The minimum absolute atomic E-state index is 0.336. The first-order chi connectivity index (χ1) is 10.1. The van der Waals surface area contributed by atoms with Gasteiger partial charge in [0.05, 0.1) is 10.6 Å². The molecule has 0 unspecified atom stereocenters. The molecule has 3 aromatic rings. The van der Waals surface area contributed by atoms with Crippen molar-refractivity contribution in [2.45, 2.75) is 0 Å². The highest BCUT2D eigenvalue weighted by atomic mass is 79.9. The second kappa shape index (κ2) is 5.83. The molecule has 0 atom stereocenters. The molecule has 0 aliphatic carbocycles. The first kappa shape index (κ1) is 14.6. The molecule has 1 heterocycles. The number of rotatable bonds is 2. The molecule has 0 bridgehead atoms. The van der Waals surface area contributed by atoms with Crippen LogP contribution in [0.3, 0.4) is 0 Å². The maximum absolute atomic E-state index is 6.34. The van der Waals surface area contributed by atoms with Crippen molar-refractivity contribution in [3.05, 3.63) is 56.4 Å². The van der Waals surface area contributed by atoms with E-state index >= 15 is 0 Å². The highest BCUT2D eigenvalue weighted by molar-refractivity contribution is 9.10. The molecule has 6 heteroatoms. The Kier molecular flexibility index (Phi) is 4.06. The Morgan fingerprint density at radius 2 is 1.76 bits per heavy atom. The van der Waals surface area contributed by atoms with Crippen LogP contribution in [0.1, 0.15) is 0 Å². The van der Waals surface area contributed by atoms with E-state index in [1.165, 1.54) is 0 Å². The van der Waals surface area contributed by atoms with Crippen molar-refractivity contribution in [1.29, 1.82) is 0 Å². The van der Waals surface area contributed by atoms with Gasteiger partial charge in [0.15, 0.2) is 11.6 Å². The van der Waals surface area contributed by atoms with Crippen LogP contribution >= 0.6 is 43.5 Å². The lowest BCUT2D eigenvalue weighted by Gasteiger charge is -2.06. The van der Waals surface area contributed by atoms with Gasteiger partial charge in [-0.1, -0.05) is 50.9 Å². The predicted octanol–water partition coefficient (Wildman–Crippen LogP) is 5.77. The zero-order chi connectivity index (χ0) is 15.0. The van der Waals surface area contributed by atoms with Crippen LogP contribution in [-0.4, -0.2) is 5.16 Å². The summed E-state index contributed by atoms with van der Waals surface area (Å²) in [6, 6.07) is 13.4. The Hall–Kier alpha value is -1.30. The van der Waals surface area contributed by atoms with E-state index in [2.05, 4.69) is 37.0 Å². The number of nitrogen functional groups attached to an aromatic ring is 1. The summed E-state index contributed by atoms with van der Waals surface area (Å²) in [7, 11) is 0. The van der Waals surface area contributed by atoms with E-state index in [1.54, 1.807) is 0 Å². The van der Waals surface area contributed by atoms with Gasteiger partial charge >= 0.3 is 0 Å². The Labute approximate surface area is 143 Å². The summed E-state index contributed by atoms with van der Waals surface area (Å²) in [5.41, 5.74) is 8.37. The van der Waals surface area contributed by atoms with E-state index in [0.717, 1.165) is 25.6 Å². The Morgan fingerprint density at radius 1 is 1.05 bits per heavy atom. The Morgan fingerprint density at radius 3 is 2.48 bits per heavy atom. The van der Waals surface area contributed by atoms with Gasteiger partial charge in [0.2, 0.25) is 0 Å². The van der Waals surface area contributed by atoms with E-state index in [0.29, 0.717) is 16.6 Å². The average molecular weight is 429 g/mol. The van der Waals surface area contributed by atoms with Crippen molar-refractivity contribution in [1.82, 2.24) is 5.16 Å². The fourth-order valence-corrected chi connectivity index (χ4v) is 2.90. The smallest absolute Gasteiger partial charge is 0.178 e. The topological polar surface area (TPSA) is 52.0 Å². The molecule has 0 fully saturated rings. The minimum Gasteiger partial charge on any atom is -0.380 e. The number of hydrogen-bond donors (Lipinski definition) is 1. The van der Waals surface area contributed by atoms with Gasteiger partial charge in [0.1, 0.15) is 0 Å². The van der Waals surface area contributed by atoms with Gasteiger partial charge in [-0.3, -0.25) is 0 Å². The fourth-order valence-electron chi connectivity index (χ4n) is 2.06. The molecule has 21 heavy (non-hydrogen) atoms. The summed E-state index contributed by atoms with van der Waals surface area (Å²) in [5.74, 6) is 0.893. The number of hydrogen-bond acceptors (Lipinski definition) is 3. The van der Waals surface area contributed by atoms with Gasteiger partial charge in [-0.25, -0.2) is 0 Å². The minimum atomic E-state index is 0.336. The number of nitrogens with two attached hydrogens (primary N) is 1. The number of anilines is 1. The molecule has 0 radical (unpaired) electrons. The summed E-state index contributed by atoms with van der Waals surface area (Å²) >= 11 is 13.2. The van der Waals surface area contributed by atoms with E-state index < -0.39 is 0 Å². The summed E-state index contributed by atoms with van der Waals surface area (Å²) in [4.78, 5) is 0. The molecule has 3 nitrogen and oxygen atoms in total. The zero-order valence-electron chi connectivity index (χ0n) is 10.6. The quantitative estimate of drug-likeness (QED) is 0.564. The molecule has 0 aliphatic rings. The molecule has 1 aromatic heterocycles. The first-order valence-corrected chi connectivity index (χ1v) is 8.00. The van der Waals surface area contributed by atoms with Crippen LogP contribution < -0.4 is 5.73 Å².